The number of carbonyl (C=O) groups is 1. The van der Waals surface area contributed by atoms with E-state index in [2.05, 4.69) is 0 Å². The van der Waals surface area contributed by atoms with E-state index in [-0.39, 0.29) is 11.1 Å². The van der Waals surface area contributed by atoms with Gasteiger partial charge in [0.2, 0.25) is 0 Å². The van der Waals surface area contributed by atoms with Crippen LogP contribution in [0.1, 0.15) is 11.1 Å². The largest absolute Gasteiger partial charge is 0.454 e. The molecule has 0 saturated carbocycles. The summed E-state index contributed by atoms with van der Waals surface area (Å²) >= 11 is 0. The first kappa shape index (κ1) is 12.9. The van der Waals surface area contributed by atoms with Crippen molar-refractivity contribution in [1.29, 1.82) is 5.26 Å². The minimum absolute atomic E-state index is 0.0686. The first-order valence-corrected chi connectivity index (χ1v) is 4.33. The van der Waals surface area contributed by atoms with Gasteiger partial charge in [-0.15, -0.1) is 0 Å². The number of carbonyl (C=O) groups excluding carboxylic acids is 1. The number of allylic oxidation sites excluding steroid dienone is 1. The van der Waals surface area contributed by atoms with E-state index in [1.54, 1.807) is 6.07 Å². The third-order valence-electron chi connectivity index (χ3n) is 1.82. The normalized spacial score (nSPS) is 11.5. The van der Waals surface area contributed by atoms with Crippen LogP contribution in [0.4, 0.5) is 17.6 Å². The number of halogens is 4. The molecule has 0 unspecified atom stereocenters. The Kier molecular flexibility index (Phi) is 3.63. The van der Waals surface area contributed by atoms with Crippen LogP contribution in [0.5, 0.6) is 0 Å². The lowest BCUT2D eigenvalue weighted by molar-refractivity contribution is -0.165. The van der Waals surface area contributed by atoms with Gasteiger partial charge < -0.3 is 0 Å². The molecule has 17 heavy (non-hydrogen) atoms. The first-order chi connectivity index (χ1) is 7.84. The molecule has 0 amide bonds. The molecule has 2 nitrogen and oxygen atoms in total. The van der Waals surface area contributed by atoms with E-state index < -0.39 is 17.8 Å². The first-order valence-electron chi connectivity index (χ1n) is 4.33. The Morgan fingerprint density at radius 3 is 2.47 bits per heavy atom. The van der Waals surface area contributed by atoms with Crippen molar-refractivity contribution >= 4 is 11.9 Å². The number of nitrogens with zero attached hydrogens (tertiary/aromatic N) is 1. The summed E-state index contributed by atoms with van der Waals surface area (Å²) in [4.78, 5) is 10.5. The van der Waals surface area contributed by atoms with Crippen LogP contribution in [0.3, 0.4) is 0 Å². The summed E-state index contributed by atoms with van der Waals surface area (Å²) in [5, 5.41) is 8.42. The maximum Gasteiger partial charge on any atom is 0.454 e. The predicted octanol–water partition coefficient (Wildman–Crippen LogP) is 2.84. The van der Waals surface area contributed by atoms with Gasteiger partial charge in [0.25, 0.3) is 5.78 Å². The van der Waals surface area contributed by atoms with Crippen LogP contribution >= 0.6 is 0 Å². The standard InChI is InChI=1S/C11H5F4NO/c12-9-5-7(1-3-8(9)6-16)2-4-10(17)11(13,14)15/h1-5H/b4-2+. The molecule has 1 aromatic rings. The van der Waals surface area contributed by atoms with E-state index in [9.17, 15) is 22.4 Å². The number of alkyl halides is 3. The third kappa shape index (κ3) is 3.41. The van der Waals surface area contributed by atoms with Gasteiger partial charge in [0.1, 0.15) is 11.9 Å². The van der Waals surface area contributed by atoms with E-state index >= 15 is 0 Å². The van der Waals surface area contributed by atoms with Crippen molar-refractivity contribution in [3.8, 4) is 6.07 Å². The molecular weight excluding hydrogens is 238 g/mol. The van der Waals surface area contributed by atoms with Crippen molar-refractivity contribution in [3.05, 3.63) is 41.2 Å². The van der Waals surface area contributed by atoms with Gasteiger partial charge >= 0.3 is 6.18 Å². The van der Waals surface area contributed by atoms with Gasteiger partial charge in [-0.05, 0) is 23.8 Å². The molecule has 0 aliphatic rings. The Bertz CT molecular complexity index is 511. The van der Waals surface area contributed by atoms with Crippen LogP contribution in [-0.4, -0.2) is 12.0 Å². The summed E-state index contributed by atoms with van der Waals surface area (Å²) in [5.74, 6) is -2.88. The zero-order chi connectivity index (χ0) is 13.1. The molecule has 0 N–H and O–H groups in total. The number of ketones is 1. The molecule has 0 bridgehead atoms. The second kappa shape index (κ2) is 4.78. The fraction of sp³-hybridized carbons (Fsp3) is 0.0909. The molecular formula is C11H5F4NO. The lowest BCUT2D eigenvalue weighted by Gasteiger charge is -1.99. The Balaban J connectivity index is 2.91. The molecule has 0 aromatic heterocycles. The van der Waals surface area contributed by atoms with Gasteiger partial charge in [-0.3, -0.25) is 4.79 Å². The van der Waals surface area contributed by atoms with Gasteiger partial charge in [0.15, 0.2) is 0 Å². The minimum atomic E-state index is -4.94. The highest BCUT2D eigenvalue weighted by Crippen LogP contribution is 2.17. The van der Waals surface area contributed by atoms with Crippen molar-refractivity contribution in [1.82, 2.24) is 0 Å². The smallest absolute Gasteiger partial charge is 0.285 e. The average molecular weight is 243 g/mol. The molecule has 0 spiro atoms. The molecule has 0 aliphatic heterocycles. The van der Waals surface area contributed by atoms with E-state index in [0.29, 0.717) is 6.08 Å². The van der Waals surface area contributed by atoms with Crippen molar-refractivity contribution in [3.63, 3.8) is 0 Å². The highest BCUT2D eigenvalue weighted by molar-refractivity contribution is 5.97. The lowest BCUT2D eigenvalue weighted by atomic mass is 10.1. The second-order valence-electron chi connectivity index (χ2n) is 3.05. The predicted molar refractivity (Wildman–Crippen MR) is 51.2 cm³/mol. The van der Waals surface area contributed by atoms with Crippen molar-refractivity contribution < 1.29 is 22.4 Å². The summed E-state index contributed by atoms with van der Waals surface area (Å²) in [6.45, 7) is 0. The quantitative estimate of drug-likeness (QED) is 0.592. The van der Waals surface area contributed by atoms with Crippen LogP contribution in [0, 0.1) is 17.1 Å². The van der Waals surface area contributed by atoms with E-state index in [1.807, 2.05) is 0 Å². The Hall–Kier alpha value is -2.16. The molecule has 0 fully saturated rings. The number of rotatable bonds is 2. The van der Waals surface area contributed by atoms with Crippen LogP contribution in [0.2, 0.25) is 0 Å². The van der Waals surface area contributed by atoms with Crippen molar-refractivity contribution in [2.75, 3.05) is 0 Å². The fourth-order valence-corrected chi connectivity index (χ4v) is 0.992. The molecule has 0 atom stereocenters. The van der Waals surface area contributed by atoms with Crippen molar-refractivity contribution in [2.45, 2.75) is 6.18 Å². The minimum Gasteiger partial charge on any atom is -0.285 e. The van der Waals surface area contributed by atoms with Crippen LogP contribution in [0.25, 0.3) is 6.08 Å². The van der Waals surface area contributed by atoms with Crippen LogP contribution in [0.15, 0.2) is 24.3 Å². The number of hydrogen-bond acceptors (Lipinski definition) is 2. The fourth-order valence-electron chi connectivity index (χ4n) is 0.992. The van der Waals surface area contributed by atoms with Gasteiger partial charge in [-0.25, -0.2) is 4.39 Å². The monoisotopic (exact) mass is 243 g/mol. The summed E-state index contributed by atoms with van der Waals surface area (Å²) < 4.78 is 48.5. The molecule has 0 saturated heterocycles. The molecule has 1 rings (SSSR count). The van der Waals surface area contributed by atoms with Crippen molar-refractivity contribution in [2.24, 2.45) is 0 Å². The molecule has 6 heteroatoms. The Morgan fingerprint density at radius 1 is 1.35 bits per heavy atom. The number of hydrogen-bond donors (Lipinski definition) is 0. The highest BCUT2D eigenvalue weighted by Gasteiger charge is 2.35. The average Bonchev–Trinajstić information content (AvgIpc) is 2.24. The molecule has 88 valence electrons. The van der Waals surface area contributed by atoms with Gasteiger partial charge in [-0.1, -0.05) is 12.1 Å². The van der Waals surface area contributed by atoms with Gasteiger partial charge in [-0.2, -0.15) is 18.4 Å². The van der Waals surface area contributed by atoms with Gasteiger partial charge in [0.05, 0.1) is 5.56 Å². The number of nitriles is 1. The zero-order valence-electron chi connectivity index (χ0n) is 8.25. The molecule has 0 heterocycles. The maximum absolute atomic E-state index is 13.0. The molecule has 0 aliphatic carbocycles. The third-order valence-corrected chi connectivity index (χ3v) is 1.82. The number of benzene rings is 1. The highest BCUT2D eigenvalue weighted by atomic mass is 19.4. The Labute approximate surface area is 93.8 Å². The van der Waals surface area contributed by atoms with E-state index in [1.165, 1.54) is 6.07 Å². The topological polar surface area (TPSA) is 40.9 Å². The molecule has 1 aromatic carbocycles. The lowest BCUT2D eigenvalue weighted by Crippen LogP contribution is -2.19. The summed E-state index contributed by atoms with van der Waals surface area (Å²) in [7, 11) is 0. The maximum atomic E-state index is 13.0. The van der Waals surface area contributed by atoms with Crippen LogP contribution < -0.4 is 0 Å². The summed E-state index contributed by atoms with van der Waals surface area (Å²) in [6.07, 6.45) is -3.80. The summed E-state index contributed by atoms with van der Waals surface area (Å²) in [5.41, 5.74) is -0.150. The SMILES string of the molecule is N#Cc1ccc(/C=C/C(=O)C(F)(F)F)cc1F. The summed E-state index contributed by atoms with van der Waals surface area (Å²) in [6, 6.07) is 4.80. The van der Waals surface area contributed by atoms with E-state index in [0.717, 1.165) is 18.2 Å². The van der Waals surface area contributed by atoms with Gasteiger partial charge in [0, 0.05) is 0 Å². The zero-order valence-corrected chi connectivity index (χ0v) is 8.25. The Morgan fingerprint density at radius 2 is 2.00 bits per heavy atom. The van der Waals surface area contributed by atoms with Crippen LogP contribution in [-0.2, 0) is 4.79 Å². The second-order valence-corrected chi connectivity index (χ2v) is 3.05. The molecule has 0 radical (unpaired) electrons. The van der Waals surface area contributed by atoms with E-state index in [4.69, 9.17) is 5.26 Å².